The van der Waals surface area contributed by atoms with Gasteiger partial charge in [-0.3, -0.25) is 14.4 Å². The highest BCUT2D eigenvalue weighted by Gasteiger charge is 2.38. The molecule has 3 rings (SSSR count). The molecule has 6 nitrogen and oxygen atoms in total. The quantitative estimate of drug-likeness (QED) is 0.916. The minimum atomic E-state index is -0.221. The summed E-state index contributed by atoms with van der Waals surface area (Å²) in [7, 11) is 1.66. The molecule has 1 saturated heterocycles. The monoisotopic (exact) mass is 331 g/mol. The molecule has 1 saturated carbocycles. The maximum atomic E-state index is 12.4. The fraction of sp³-hybridized carbons (Fsp3) is 0.611. The van der Waals surface area contributed by atoms with Crippen molar-refractivity contribution < 1.29 is 9.59 Å². The molecule has 0 radical (unpaired) electrons. The van der Waals surface area contributed by atoms with E-state index in [0.29, 0.717) is 18.8 Å². The normalized spacial score (nSPS) is 19.0. The van der Waals surface area contributed by atoms with E-state index in [9.17, 15) is 14.4 Å². The van der Waals surface area contributed by atoms with Gasteiger partial charge in [0.2, 0.25) is 11.8 Å². The Bertz CT molecular complexity index is 698. The number of anilines is 1. The Morgan fingerprint density at radius 3 is 2.46 bits per heavy atom. The summed E-state index contributed by atoms with van der Waals surface area (Å²) in [5.74, 6) is -0.0482. The van der Waals surface area contributed by atoms with Crippen LogP contribution in [0.2, 0.25) is 0 Å². The van der Waals surface area contributed by atoms with Crippen molar-refractivity contribution in [3.63, 3.8) is 0 Å². The summed E-state index contributed by atoms with van der Waals surface area (Å²) in [6.45, 7) is 2.73. The summed E-state index contributed by atoms with van der Waals surface area (Å²) in [4.78, 5) is 38.7. The standard InChI is InChI=1S/C18H25N3O3/c1-12-8-9-20(2)18(24)15(12)19-16(22)14-10-21(11-14)17(23)13-6-4-3-5-7-13/h8-9,13-14H,3-7,10-11H2,1-2H3,(H,19,22). The van der Waals surface area contributed by atoms with Gasteiger partial charge in [0.05, 0.1) is 5.92 Å². The van der Waals surface area contributed by atoms with Crippen LogP contribution in [0, 0.1) is 18.8 Å². The van der Waals surface area contributed by atoms with E-state index in [1.807, 2.05) is 0 Å². The van der Waals surface area contributed by atoms with Crippen molar-refractivity contribution in [2.45, 2.75) is 39.0 Å². The van der Waals surface area contributed by atoms with Gasteiger partial charge in [-0.25, -0.2) is 0 Å². The Labute approximate surface area is 141 Å². The fourth-order valence-corrected chi connectivity index (χ4v) is 3.53. The lowest BCUT2D eigenvalue weighted by atomic mass is 9.86. The van der Waals surface area contributed by atoms with E-state index in [-0.39, 0.29) is 29.2 Å². The number of likely N-dealkylation sites (tertiary alicyclic amines) is 1. The van der Waals surface area contributed by atoms with Crippen molar-refractivity contribution in [1.82, 2.24) is 9.47 Å². The lowest BCUT2D eigenvalue weighted by Crippen LogP contribution is -2.56. The minimum Gasteiger partial charge on any atom is -0.341 e. The molecule has 0 bridgehead atoms. The summed E-state index contributed by atoms with van der Waals surface area (Å²) >= 11 is 0. The Morgan fingerprint density at radius 2 is 1.79 bits per heavy atom. The number of hydrogen-bond donors (Lipinski definition) is 1. The molecule has 130 valence electrons. The third-order valence-electron chi connectivity index (χ3n) is 5.24. The first-order valence-corrected chi connectivity index (χ1v) is 8.73. The minimum absolute atomic E-state index is 0.145. The molecule has 6 heteroatoms. The molecule has 1 aromatic rings. The van der Waals surface area contributed by atoms with Gasteiger partial charge in [-0.1, -0.05) is 19.3 Å². The van der Waals surface area contributed by atoms with Crippen LogP contribution in [0.25, 0.3) is 0 Å². The number of nitrogens with zero attached hydrogens (tertiary/aromatic N) is 2. The average Bonchev–Trinajstić information content (AvgIpc) is 2.54. The SMILES string of the molecule is Cc1ccn(C)c(=O)c1NC(=O)C1CN(C(=O)C2CCCCC2)C1. The molecule has 1 N–H and O–H groups in total. The number of amides is 2. The number of aryl methyl sites for hydroxylation is 2. The summed E-state index contributed by atoms with van der Waals surface area (Å²) < 4.78 is 1.45. The lowest BCUT2D eigenvalue weighted by Gasteiger charge is -2.40. The molecule has 24 heavy (non-hydrogen) atoms. The Kier molecular flexibility index (Phi) is 4.73. The van der Waals surface area contributed by atoms with Crippen LogP contribution in [0.5, 0.6) is 0 Å². The third kappa shape index (κ3) is 3.23. The molecule has 2 amide bonds. The fourth-order valence-electron chi connectivity index (χ4n) is 3.53. The molecule has 0 spiro atoms. The van der Waals surface area contributed by atoms with Gasteiger partial charge >= 0.3 is 0 Å². The smallest absolute Gasteiger partial charge is 0.274 e. The van der Waals surface area contributed by atoms with Crippen molar-refractivity contribution in [2.75, 3.05) is 18.4 Å². The second-order valence-electron chi connectivity index (χ2n) is 7.05. The first-order valence-electron chi connectivity index (χ1n) is 8.73. The zero-order chi connectivity index (χ0) is 17.3. The molecule has 2 aliphatic rings. The van der Waals surface area contributed by atoms with Crippen LogP contribution in [0.4, 0.5) is 5.69 Å². The van der Waals surface area contributed by atoms with Gasteiger partial charge in [0, 0.05) is 32.3 Å². The van der Waals surface area contributed by atoms with Crippen molar-refractivity contribution in [3.8, 4) is 0 Å². The zero-order valence-electron chi connectivity index (χ0n) is 14.4. The summed E-state index contributed by atoms with van der Waals surface area (Å²) in [6, 6.07) is 1.80. The average molecular weight is 331 g/mol. The van der Waals surface area contributed by atoms with Crippen molar-refractivity contribution in [1.29, 1.82) is 0 Å². The molecular formula is C18H25N3O3. The molecule has 0 unspecified atom stereocenters. The van der Waals surface area contributed by atoms with Crippen LogP contribution in [-0.2, 0) is 16.6 Å². The summed E-state index contributed by atoms with van der Waals surface area (Å²) in [5, 5.41) is 2.75. The summed E-state index contributed by atoms with van der Waals surface area (Å²) in [5.41, 5.74) is 0.876. The predicted octanol–water partition coefficient (Wildman–Crippen LogP) is 1.67. The number of aromatic nitrogens is 1. The van der Waals surface area contributed by atoms with Crippen molar-refractivity contribution in [3.05, 3.63) is 28.2 Å². The maximum Gasteiger partial charge on any atom is 0.274 e. The highest BCUT2D eigenvalue weighted by molar-refractivity contribution is 5.95. The van der Waals surface area contributed by atoms with Gasteiger partial charge in [-0.15, -0.1) is 0 Å². The molecule has 1 aliphatic carbocycles. The van der Waals surface area contributed by atoms with Gasteiger partial charge in [0.25, 0.3) is 5.56 Å². The zero-order valence-corrected chi connectivity index (χ0v) is 14.4. The van der Waals surface area contributed by atoms with Crippen LogP contribution in [0.15, 0.2) is 17.1 Å². The van der Waals surface area contributed by atoms with Crippen LogP contribution >= 0.6 is 0 Å². The van der Waals surface area contributed by atoms with Gasteiger partial charge in [0.1, 0.15) is 5.69 Å². The largest absolute Gasteiger partial charge is 0.341 e. The molecule has 1 aliphatic heterocycles. The number of nitrogens with one attached hydrogen (secondary N) is 1. The highest BCUT2D eigenvalue weighted by atomic mass is 16.2. The van der Waals surface area contributed by atoms with E-state index >= 15 is 0 Å². The van der Waals surface area contributed by atoms with Gasteiger partial charge in [-0.05, 0) is 31.4 Å². The van der Waals surface area contributed by atoms with E-state index in [0.717, 1.165) is 31.2 Å². The Balaban J connectivity index is 1.56. The number of hydrogen-bond acceptors (Lipinski definition) is 3. The van der Waals surface area contributed by atoms with Crippen LogP contribution in [0.3, 0.4) is 0 Å². The second-order valence-corrected chi connectivity index (χ2v) is 7.05. The Morgan fingerprint density at radius 1 is 1.12 bits per heavy atom. The molecule has 2 heterocycles. The number of pyridine rings is 1. The second kappa shape index (κ2) is 6.79. The third-order valence-corrected chi connectivity index (χ3v) is 5.24. The Hall–Kier alpha value is -2.11. The molecule has 2 fully saturated rings. The predicted molar refractivity (Wildman–Crippen MR) is 91.7 cm³/mol. The lowest BCUT2D eigenvalue weighted by molar-refractivity contribution is -0.145. The van der Waals surface area contributed by atoms with Crippen molar-refractivity contribution in [2.24, 2.45) is 18.9 Å². The van der Waals surface area contributed by atoms with Crippen LogP contribution in [-0.4, -0.2) is 34.4 Å². The van der Waals surface area contributed by atoms with Crippen molar-refractivity contribution >= 4 is 17.5 Å². The first kappa shape index (κ1) is 16.7. The molecule has 0 atom stereocenters. The highest BCUT2D eigenvalue weighted by Crippen LogP contribution is 2.28. The van der Waals surface area contributed by atoms with E-state index in [2.05, 4.69) is 5.32 Å². The molecule has 0 aromatic carbocycles. The van der Waals surface area contributed by atoms with Gasteiger partial charge < -0.3 is 14.8 Å². The topological polar surface area (TPSA) is 71.4 Å². The number of carbonyl (C=O) groups excluding carboxylic acids is 2. The van der Waals surface area contributed by atoms with Gasteiger partial charge in [0.15, 0.2) is 0 Å². The number of carbonyl (C=O) groups is 2. The first-order chi connectivity index (χ1) is 11.5. The van der Waals surface area contributed by atoms with Crippen LogP contribution < -0.4 is 10.9 Å². The molecule has 1 aromatic heterocycles. The number of rotatable bonds is 3. The van der Waals surface area contributed by atoms with Gasteiger partial charge in [-0.2, -0.15) is 0 Å². The van der Waals surface area contributed by atoms with E-state index in [1.54, 1.807) is 31.1 Å². The van der Waals surface area contributed by atoms with E-state index in [1.165, 1.54) is 11.0 Å². The maximum absolute atomic E-state index is 12.4. The molecular weight excluding hydrogens is 306 g/mol. The van der Waals surface area contributed by atoms with E-state index in [4.69, 9.17) is 0 Å². The van der Waals surface area contributed by atoms with Crippen LogP contribution in [0.1, 0.15) is 37.7 Å². The summed E-state index contributed by atoms with van der Waals surface area (Å²) in [6.07, 6.45) is 7.12. The van der Waals surface area contributed by atoms with E-state index < -0.39 is 0 Å².